The average molecular weight is 188 g/mol. The summed E-state index contributed by atoms with van der Waals surface area (Å²) in [6.45, 7) is 14.3. The Labute approximate surface area is 99.7 Å². The summed E-state index contributed by atoms with van der Waals surface area (Å²) in [5, 5.41) is 0. The van der Waals surface area contributed by atoms with E-state index in [9.17, 15) is 0 Å². The summed E-state index contributed by atoms with van der Waals surface area (Å²) >= 11 is 4.54. The summed E-state index contributed by atoms with van der Waals surface area (Å²) in [4.78, 5) is 0. The molecule has 0 aliphatic heterocycles. The van der Waals surface area contributed by atoms with E-state index in [1.54, 1.807) is 0 Å². The fraction of sp³-hybridized carbons (Fsp3) is 1.00. The van der Waals surface area contributed by atoms with E-state index < -0.39 is 16.1 Å². The molecule has 0 N–H and O–H groups in total. The summed E-state index contributed by atoms with van der Waals surface area (Å²) in [7, 11) is -1.26. The minimum absolute atomic E-state index is 0.631. The maximum absolute atomic E-state index is 2.38. The van der Waals surface area contributed by atoms with E-state index in [-0.39, 0.29) is 0 Å². The molecule has 0 radical (unpaired) electrons. The van der Waals surface area contributed by atoms with Crippen molar-refractivity contribution in [1.29, 1.82) is 0 Å². The van der Waals surface area contributed by atoms with Gasteiger partial charge in [-0.25, -0.2) is 0 Å². The van der Waals surface area contributed by atoms with E-state index in [2.05, 4.69) is 74.7 Å². The summed E-state index contributed by atoms with van der Waals surface area (Å²) in [5.41, 5.74) is 0. The number of hydrogen-bond acceptors (Lipinski definition) is 0. The first-order valence-electron chi connectivity index (χ1n) is 5.12. The van der Waals surface area contributed by atoms with Gasteiger partial charge in [0.05, 0.1) is 0 Å². The Bertz CT molecular complexity index is 88.6. The van der Waals surface area contributed by atoms with Gasteiger partial charge in [0, 0.05) is 0 Å². The Morgan fingerprint density at radius 2 is 0.750 bits per heavy atom. The van der Waals surface area contributed by atoms with Crippen LogP contribution in [-0.4, -0.2) is 51.6 Å². The summed E-state index contributed by atoms with van der Waals surface area (Å²) < 4.78 is 2.82. The molecule has 0 amide bonds. The first-order valence-corrected chi connectivity index (χ1v) is 12.5. The molecule has 0 aliphatic rings. The van der Waals surface area contributed by atoms with Crippen molar-refractivity contribution in [3.8, 4) is 0 Å². The van der Waals surface area contributed by atoms with Gasteiger partial charge in [-0.1, -0.05) is 0 Å². The van der Waals surface area contributed by atoms with Crippen LogP contribution in [0.25, 0.3) is 0 Å². The van der Waals surface area contributed by atoms with Crippen molar-refractivity contribution in [3.63, 3.8) is 0 Å². The normalized spacial score (nSPS) is 12.2. The maximum atomic E-state index is 2.38. The second-order valence-electron chi connectivity index (χ2n) is 5.83. The molecule has 0 heterocycles. The van der Waals surface area contributed by atoms with Crippen LogP contribution in [-0.2, 0) is 0 Å². The molecule has 0 atom stereocenters. The molecule has 0 rings (SSSR count). The second kappa shape index (κ2) is 6.99. The number of rotatable bonds is 2. The molecule has 0 spiro atoms. The third-order valence-electron chi connectivity index (χ3n) is 2.12. The molecule has 0 saturated heterocycles. The third-order valence-corrected chi connectivity index (χ3v) is 6.36. The molecule has 0 aromatic carbocycles. The Balaban J connectivity index is 0. The van der Waals surface area contributed by atoms with Crippen LogP contribution in [0.1, 0.15) is 0 Å². The van der Waals surface area contributed by atoms with Crippen LogP contribution in [0.3, 0.4) is 0 Å². The topological polar surface area (TPSA) is 0 Å². The van der Waals surface area contributed by atoms with Gasteiger partial charge in [-0.05, 0) is 0 Å². The molecule has 0 aromatic heterocycles. The molecule has 0 saturated carbocycles. The van der Waals surface area contributed by atoms with Gasteiger partial charge in [-0.3, -0.25) is 0 Å². The molecule has 12 heavy (non-hydrogen) atoms. The molecule has 0 aromatic rings. The SMILES string of the molecule is [Li][CH2][Si](C)(C)C.[Li][CH2][Si](C)(C)C. The van der Waals surface area contributed by atoms with Crippen molar-refractivity contribution < 1.29 is 0 Å². The standard InChI is InChI=1S/2C4H11Si.2Li/c2*1-5(2,3)4;;/h2*1H2,2-4H3;;. The van der Waals surface area contributed by atoms with Gasteiger partial charge in [0.25, 0.3) is 0 Å². The minimum atomic E-state index is -0.631. The van der Waals surface area contributed by atoms with Crippen LogP contribution >= 0.6 is 0 Å². The van der Waals surface area contributed by atoms with Crippen molar-refractivity contribution in [2.45, 2.75) is 48.7 Å². The predicted molar refractivity (Wildman–Crippen MR) is 67.8 cm³/mol. The van der Waals surface area contributed by atoms with Crippen molar-refractivity contribution in [2.24, 2.45) is 0 Å². The van der Waals surface area contributed by atoms with E-state index in [1.807, 2.05) is 0 Å². The van der Waals surface area contributed by atoms with E-state index in [0.717, 1.165) is 0 Å². The molecular weight excluding hydrogens is 166 g/mol. The number of hydrogen-bond donors (Lipinski definition) is 0. The Morgan fingerprint density at radius 3 is 0.750 bits per heavy atom. The van der Waals surface area contributed by atoms with Gasteiger partial charge < -0.3 is 0 Å². The van der Waals surface area contributed by atoms with Crippen LogP contribution in [0.5, 0.6) is 0 Å². The Kier molecular flexibility index (Phi) is 9.36. The van der Waals surface area contributed by atoms with Gasteiger partial charge in [0.15, 0.2) is 0 Å². The van der Waals surface area contributed by atoms with Crippen LogP contribution < -0.4 is 0 Å². The van der Waals surface area contributed by atoms with Gasteiger partial charge in [-0.2, -0.15) is 0 Å². The molecule has 0 bridgehead atoms. The summed E-state index contributed by atoms with van der Waals surface area (Å²) in [6, 6.07) is 0. The van der Waals surface area contributed by atoms with Crippen molar-refractivity contribution in [2.75, 3.05) is 0 Å². The Hall–Kier alpha value is 1.63. The zero-order chi connectivity index (χ0) is 10.4. The molecule has 64 valence electrons. The van der Waals surface area contributed by atoms with E-state index in [4.69, 9.17) is 0 Å². The molecule has 4 heteroatoms. The van der Waals surface area contributed by atoms with Crippen molar-refractivity contribution in [3.05, 3.63) is 0 Å². The first kappa shape index (κ1) is 16.1. The van der Waals surface area contributed by atoms with E-state index in [1.165, 1.54) is 9.43 Å². The van der Waals surface area contributed by atoms with Crippen LogP contribution in [0, 0.1) is 0 Å². The monoisotopic (exact) mass is 188 g/mol. The summed E-state index contributed by atoms with van der Waals surface area (Å²) in [5.74, 6) is 0. The van der Waals surface area contributed by atoms with E-state index in [0.29, 0.717) is 0 Å². The van der Waals surface area contributed by atoms with Gasteiger partial charge in [0.2, 0.25) is 0 Å². The Morgan fingerprint density at radius 1 is 0.667 bits per heavy atom. The van der Waals surface area contributed by atoms with Gasteiger partial charge in [-0.15, -0.1) is 0 Å². The average Bonchev–Trinajstić information content (AvgIpc) is 1.86. The summed E-state index contributed by atoms with van der Waals surface area (Å²) in [6.07, 6.45) is 0. The van der Waals surface area contributed by atoms with Gasteiger partial charge >= 0.3 is 100 Å². The molecular formula is C8H22Li2Si2. The zero-order valence-electron chi connectivity index (χ0n) is 10.4. The molecule has 0 fully saturated rings. The van der Waals surface area contributed by atoms with Crippen LogP contribution in [0.4, 0.5) is 0 Å². The van der Waals surface area contributed by atoms with Crippen molar-refractivity contribution >= 4 is 51.6 Å². The van der Waals surface area contributed by atoms with E-state index >= 15 is 0 Å². The second-order valence-corrected chi connectivity index (χ2v) is 17.5. The molecule has 0 nitrogen and oxygen atoms in total. The fourth-order valence-electron chi connectivity index (χ4n) is 0. The van der Waals surface area contributed by atoms with Crippen LogP contribution in [0.15, 0.2) is 0 Å². The first-order chi connectivity index (χ1) is 5.12. The fourth-order valence-corrected chi connectivity index (χ4v) is 0. The quantitative estimate of drug-likeness (QED) is 0.585. The van der Waals surface area contributed by atoms with Crippen LogP contribution in [0.2, 0.25) is 48.7 Å². The zero-order valence-corrected chi connectivity index (χ0v) is 12.4. The van der Waals surface area contributed by atoms with Gasteiger partial charge in [0.1, 0.15) is 0 Å². The third kappa shape index (κ3) is 22.6. The molecule has 0 aliphatic carbocycles. The predicted octanol–water partition coefficient (Wildman–Crippen LogP) is 2.90. The molecule has 0 unspecified atom stereocenters. The van der Waals surface area contributed by atoms with Crippen molar-refractivity contribution in [1.82, 2.24) is 0 Å².